The maximum Gasteiger partial charge on any atom is 0.254 e. The summed E-state index contributed by atoms with van der Waals surface area (Å²) in [5.41, 5.74) is 1.94. The van der Waals surface area contributed by atoms with Crippen LogP contribution in [0.3, 0.4) is 0 Å². The van der Waals surface area contributed by atoms with Gasteiger partial charge in [-0.05, 0) is 37.1 Å². The molecule has 1 fully saturated rings. The molecule has 2 aromatic rings. The molecule has 1 N–H and O–H groups in total. The lowest BCUT2D eigenvalue weighted by atomic mass is 10.1. The van der Waals surface area contributed by atoms with Crippen LogP contribution in [0, 0.1) is 18.7 Å². The van der Waals surface area contributed by atoms with Crippen LogP contribution in [0.1, 0.15) is 29.9 Å². The highest BCUT2D eigenvalue weighted by Crippen LogP contribution is 2.15. The minimum atomic E-state index is -0.305. The van der Waals surface area contributed by atoms with Gasteiger partial charge in [-0.15, -0.1) is 0 Å². The van der Waals surface area contributed by atoms with Gasteiger partial charge in [0.2, 0.25) is 0 Å². The first-order valence-corrected chi connectivity index (χ1v) is 9.36. The van der Waals surface area contributed by atoms with Gasteiger partial charge in [-0.25, -0.2) is 9.07 Å². The van der Waals surface area contributed by atoms with Gasteiger partial charge in [-0.1, -0.05) is 13.8 Å². The van der Waals surface area contributed by atoms with Crippen LogP contribution in [-0.4, -0.2) is 59.5 Å². The van der Waals surface area contributed by atoms with E-state index in [0.717, 1.165) is 19.6 Å². The molecule has 1 amide bonds. The van der Waals surface area contributed by atoms with Gasteiger partial charge in [-0.2, -0.15) is 5.10 Å². The molecular formula is C20H27FN4O2. The largest absolute Gasteiger partial charge is 0.374 e. The van der Waals surface area contributed by atoms with Crippen molar-refractivity contribution in [1.29, 1.82) is 0 Å². The number of carbonyl (C=O) groups is 1. The van der Waals surface area contributed by atoms with Crippen molar-refractivity contribution in [1.82, 2.24) is 20.0 Å². The second-order valence-electron chi connectivity index (χ2n) is 7.39. The van der Waals surface area contributed by atoms with Crippen LogP contribution >= 0.6 is 0 Å². The average molecular weight is 374 g/mol. The van der Waals surface area contributed by atoms with E-state index in [1.165, 1.54) is 12.1 Å². The summed E-state index contributed by atoms with van der Waals surface area (Å²) in [6, 6.07) is 6.02. The van der Waals surface area contributed by atoms with Crippen LogP contribution in [0.15, 0.2) is 30.5 Å². The molecule has 27 heavy (non-hydrogen) atoms. The Hall–Kier alpha value is -2.25. The smallest absolute Gasteiger partial charge is 0.254 e. The van der Waals surface area contributed by atoms with Gasteiger partial charge < -0.3 is 10.1 Å². The zero-order chi connectivity index (χ0) is 19.4. The molecule has 0 saturated carbocycles. The van der Waals surface area contributed by atoms with Gasteiger partial charge in [0, 0.05) is 26.2 Å². The first kappa shape index (κ1) is 19.5. The van der Waals surface area contributed by atoms with E-state index >= 15 is 0 Å². The first-order valence-electron chi connectivity index (χ1n) is 9.36. The lowest BCUT2D eigenvalue weighted by Crippen LogP contribution is -2.48. The molecule has 1 unspecified atom stereocenters. The van der Waals surface area contributed by atoms with Crippen LogP contribution < -0.4 is 5.32 Å². The predicted octanol–water partition coefficient (Wildman–Crippen LogP) is 2.41. The van der Waals surface area contributed by atoms with E-state index in [1.54, 1.807) is 23.0 Å². The third-order valence-corrected chi connectivity index (χ3v) is 4.66. The number of hydrogen-bond donors (Lipinski definition) is 1. The standard InChI is InChI=1S/C20H27FN4O2/c1-14(2)12-24-8-9-27-18(13-24)10-22-20(26)19-11-23-25(15(19)3)17-6-4-16(21)5-7-17/h4-7,11,14,18H,8-10,12-13H2,1-3H3,(H,22,26). The zero-order valence-corrected chi connectivity index (χ0v) is 16.1. The molecular weight excluding hydrogens is 347 g/mol. The molecule has 1 aliphatic rings. The predicted molar refractivity (Wildman–Crippen MR) is 102 cm³/mol. The maximum atomic E-state index is 13.1. The number of rotatable bonds is 6. The number of morpholine rings is 1. The Morgan fingerprint density at radius 3 is 2.81 bits per heavy atom. The van der Waals surface area contributed by atoms with Gasteiger partial charge in [0.25, 0.3) is 5.91 Å². The van der Waals surface area contributed by atoms with Crippen molar-refractivity contribution in [3.63, 3.8) is 0 Å². The number of aromatic nitrogens is 2. The van der Waals surface area contributed by atoms with E-state index < -0.39 is 0 Å². The monoisotopic (exact) mass is 374 g/mol. The van der Waals surface area contributed by atoms with E-state index in [1.807, 2.05) is 6.92 Å². The lowest BCUT2D eigenvalue weighted by molar-refractivity contribution is -0.0295. The summed E-state index contributed by atoms with van der Waals surface area (Å²) in [6.07, 6.45) is 1.54. The Labute approximate surface area is 159 Å². The van der Waals surface area contributed by atoms with Crippen molar-refractivity contribution < 1.29 is 13.9 Å². The second-order valence-corrected chi connectivity index (χ2v) is 7.39. The fourth-order valence-electron chi connectivity index (χ4n) is 3.36. The SMILES string of the molecule is Cc1c(C(=O)NCC2CN(CC(C)C)CCO2)cnn1-c1ccc(F)cc1. The molecule has 7 heteroatoms. The maximum absolute atomic E-state index is 13.1. The zero-order valence-electron chi connectivity index (χ0n) is 16.1. The van der Waals surface area contributed by atoms with E-state index in [-0.39, 0.29) is 17.8 Å². The van der Waals surface area contributed by atoms with Crippen molar-refractivity contribution in [3.05, 3.63) is 47.5 Å². The molecule has 1 aromatic carbocycles. The van der Waals surface area contributed by atoms with Gasteiger partial charge >= 0.3 is 0 Å². The summed E-state index contributed by atoms with van der Waals surface area (Å²) in [4.78, 5) is 15.0. The number of halogens is 1. The molecule has 3 rings (SSSR count). The van der Waals surface area contributed by atoms with Crippen molar-refractivity contribution in [2.24, 2.45) is 5.92 Å². The molecule has 1 aromatic heterocycles. The Balaban J connectivity index is 1.59. The summed E-state index contributed by atoms with van der Waals surface area (Å²) < 4.78 is 20.5. The molecule has 0 aliphatic carbocycles. The fraction of sp³-hybridized carbons (Fsp3) is 0.500. The molecule has 0 radical (unpaired) electrons. The van der Waals surface area contributed by atoms with Gasteiger partial charge in [-0.3, -0.25) is 9.69 Å². The number of amides is 1. The number of nitrogens with zero attached hydrogens (tertiary/aromatic N) is 3. The minimum Gasteiger partial charge on any atom is -0.374 e. The Kier molecular flexibility index (Phi) is 6.23. The second kappa shape index (κ2) is 8.63. The molecule has 146 valence electrons. The van der Waals surface area contributed by atoms with E-state index in [4.69, 9.17) is 4.74 Å². The molecule has 1 saturated heterocycles. The summed E-state index contributed by atoms with van der Waals surface area (Å²) in [5, 5.41) is 7.22. The third kappa shape index (κ3) is 4.93. The average Bonchev–Trinajstić information content (AvgIpc) is 3.02. The highest BCUT2D eigenvalue weighted by molar-refractivity contribution is 5.95. The third-order valence-electron chi connectivity index (χ3n) is 4.66. The minimum absolute atomic E-state index is 0.00565. The van der Waals surface area contributed by atoms with Gasteiger partial charge in [0.05, 0.1) is 35.9 Å². The topological polar surface area (TPSA) is 59.4 Å². The molecule has 6 nitrogen and oxygen atoms in total. The van der Waals surface area contributed by atoms with Gasteiger partial charge in [0.15, 0.2) is 0 Å². The summed E-state index contributed by atoms with van der Waals surface area (Å²) in [7, 11) is 0. The number of nitrogens with one attached hydrogen (secondary N) is 1. The molecule has 0 spiro atoms. The Bertz CT molecular complexity index is 773. The summed E-state index contributed by atoms with van der Waals surface area (Å²) in [5.74, 6) is 0.129. The molecule has 0 bridgehead atoms. The molecule has 2 heterocycles. The number of hydrogen-bond acceptors (Lipinski definition) is 4. The molecule has 1 atom stereocenters. The number of carbonyl (C=O) groups excluding carboxylic acids is 1. The van der Waals surface area contributed by atoms with Crippen LogP contribution in [0.5, 0.6) is 0 Å². The highest BCUT2D eigenvalue weighted by atomic mass is 19.1. The lowest BCUT2D eigenvalue weighted by Gasteiger charge is -2.33. The molecule has 1 aliphatic heterocycles. The van der Waals surface area contributed by atoms with Crippen LogP contribution in [0.25, 0.3) is 5.69 Å². The van der Waals surface area contributed by atoms with Crippen LogP contribution in [0.2, 0.25) is 0 Å². The van der Waals surface area contributed by atoms with Crippen molar-refractivity contribution >= 4 is 5.91 Å². The highest BCUT2D eigenvalue weighted by Gasteiger charge is 2.22. The quantitative estimate of drug-likeness (QED) is 0.844. The van der Waals surface area contributed by atoms with Crippen LogP contribution in [0.4, 0.5) is 4.39 Å². The van der Waals surface area contributed by atoms with Crippen molar-refractivity contribution in [2.45, 2.75) is 26.9 Å². The van der Waals surface area contributed by atoms with Crippen molar-refractivity contribution in [3.8, 4) is 5.69 Å². The van der Waals surface area contributed by atoms with E-state index in [9.17, 15) is 9.18 Å². The summed E-state index contributed by atoms with van der Waals surface area (Å²) >= 11 is 0. The first-order chi connectivity index (χ1) is 12.9. The van der Waals surface area contributed by atoms with E-state index in [0.29, 0.717) is 36.0 Å². The van der Waals surface area contributed by atoms with Crippen LogP contribution in [-0.2, 0) is 4.74 Å². The van der Waals surface area contributed by atoms with E-state index in [2.05, 4.69) is 29.2 Å². The fourth-order valence-corrected chi connectivity index (χ4v) is 3.36. The summed E-state index contributed by atoms with van der Waals surface area (Å²) in [6.45, 7) is 10.2. The number of ether oxygens (including phenoxy) is 1. The van der Waals surface area contributed by atoms with Gasteiger partial charge in [0.1, 0.15) is 5.82 Å². The Morgan fingerprint density at radius 2 is 2.11 bits per heavy atom. The normalized spacial score (nSPS) is 18.0. The van der Waals surface area contributed by atoms with Crippen molar-refractivity contribution in [2.75, 3.05) is 32.8 Å². The number of benzene rings is 1. The Morgan fingerprint density at radius 1 is 1.37 bits per heavy atom.